The fraction of sp³-hybridized carbons (Fsp3) is 0.571. The molecule has 3 rings (SSSR count). The Morgan fingerprint density at radius 1 is 1.37 bits per heavy atom. The van der Waals surface area contributed by atoms with Crippen LogP contribution < -0.4 is 10.1 Å². The van der Waals surface area contributed by atoms with Crippen molar-refractivity contribution in [3.05, 3.63) is 29.3 Å². The standard InChI is InChI=1S/C14H19NO4/c16-12-6-11-10(14(12)17)2-1-3-13(11)19-8-9-7-15-4-5-18-9/h1-3,9,12,14-17H,4-8H2/t9?,12-,14-/m0/s1. The van der Waals surface area contributed by atoms with E-state index in [9.17, 15) is 10.2 Å². The van der Waals surface area contributed by atoms with E-state index < -0.39 is 12.2 Å². The van der Waals surface area contributed by atoms with Crippen molar-refractivity contribution in [3.63, 3.8) is 0 Å². The van der Waals surface area contributed by atoms with E-state index in [1.165, 1.54) is 0 Å². The Balaban J connectivity index is 1.69. The molecule has 1 unspecified atom stereocenters. The Kier molecular flexibility index (Phi) is 3.70. The molecular formula is C14H19NO4. The summed E-state index contributed by atoms with van der Waals surface area (Å²) >= 11 is 0. The van der Waals surface area contributed by atoms with Crippen LogP contribution in [0.4, 0.5) is 0 Å². The van der Waals surface area contributed by atoms with Crippen LogP contribution in [-0.4, -0.2) is 48.7 Å². The minimum absolute atomic E-state index is 0.0563. The van der Waals surface area contributed by atoms with E-state index in [-0.39, 0.29) is 6.10 Å². The third-order valence-electron chi connectivity index (χ3n) is 3.69. The predicted molar refractivity (Wildman–Crippen MR) is 69.2 cm³/mol. The first-order chi connectivity index (χ1) is 9.25. The molecule has 3 atom stereocenters. The summed E-state index contributed by atoms with van der Waals surface area (Å²) in [5.41, 5.74) is 1.68. The van der Waals surface area contributed by atoms with Gasteiger partial charge in [0.15, 0.2) is 0 Å². The summed E-state index contributed by atoms with van der Waals surface area (Å²) in [6.45, 7) is 2.86. The Hall–Kier alpha value is -1.14. The van der Waals surface area contributed by atoms with Crippen molar-refractivity contribution in [2.24, 2.45) is 0 Å². The fourth-order valence-electron chi connectivity index (χ4n) is 2.65. The van der Waals surface area contributed by atoms with Crippen LogP contribution in [0.25, 0.3) is 0 Å². The monoisotopic (exact) mass is 265 g/mol. The lowest BCUT2D eigenvalue weighted by molar-refractivity contribution is -0.0000470. The molecule has 3 N–H and O–H groups in total. The molecule has 1 aliphatic heterocycles. The summed E-state index contributed by atoms with van der Waals surface area (Å²) in [7, 11) is 0. The second-order valence-corrected chi connectivity index (χ2v) is 5.05. The Morgan fingerprint density at radius 3 is 3.05 bits per heavy atom. The molecule has 104 valence electrons. The van der Waals surface area contributed by atoms with Crippen molar-refractivity contribution >= 4 is 0 Å². The minimum Gasteiger partial charge on any atom is -0.491 e. The van der Waals surface area contributed by atoms with Gasteiger partial charge in [0.2, 0.25) is 0 Å². The van der Waals surface area contributed by atoms with E-state index in [1.54, 1.807) is 0 Å². The molecule has 19 heavy (non-hydrogen) atoms. The largest absolute Gasteiger partial charge is 0.491 e. The number of aliphatic hydroxyl groups excluding tert-OH is 2. The molecule has 1 aromatic rings. The summed E-state index contributed by atoms with van der Waals surface area (Å²) in [5, 5.41) is 22.8. The molecule has 0 radical (unpaired) electrons. The first-order valence-electron chi connectivity index (χ1n) is 6.69. The van der Waals surface area contributed by atoms with Gasteiger partial charge in [0.1, 0.15) is 24.6 Å². The zero-order valence-corrected chi connectivity index (χ0v) is 10.7. The highest BCUT2D eigenvalue weighted by Crippen LogP contribution is 2.37. The average Bonchev–Trinajstić information content (AvgIpc) is 2.74. The van der Waals surface area contributed by atoms with Crippen LogP contribution in [0.2, 0.25) is 0 Å². The van der Waals surface area contributed by atoms with Gasteiger partial charge in [0.25, 0.3) is 0 Å². The van der Waals surface area contributed by atoms with Gasteiger partial charge in [-0.05, 0) is 11.6 Å². The summed E-state index contributed by atoms with van der Waals surface area (Å²) in [4.78, 5) is 0. The maximum Gasteiger partial charge on any atom is 0.123 e. The van der Waals surface area contributed by atoms with Gasteiger partial charge in [-0.2, -0.15) is 0 Å². The van der Waals surface area contributed by atoms with Crippen molar-refractivity contribution in [3.8, 4) is 5.75 Å². The molecule has 2 aliphatic rings. The molecule has 1 heterocycles. The van der Waals surface area contributed by atoms with Gasteiger partial charge in [0.05, 0.1) is 12.7 Å². The predicted octanol–water partition coefficient (Wildman–Crippen LogP) is 0.00420. The number of hydrogen-bond donors (Lipinski definition) is 3. The number of aliphatic hydroxyl groups is 2. The molecule has 1 fully saturated rings. The Labute approximate surface area is 112 Å². The second-order valence-electron chi connectivity index (χ2n) is 5.05. The smallest absolute Gasteiger partial charge is 0.123 e. The van der Waals surface area contributed by atoms with E-state index in [0.29, 0.717) is 19.6 Å². The number of fused-ring (bicyclic) bond motifs is 1. The molecule has 0 amide bonds. The lowest BCUT2D eigenvalue weighted by Gasteiger charge is -2.24. The molecule has 1 saturated heterocycles. The van der Waals surface area contributed by atoms with Gasteiger partial charge in [-0.3, -0.25) is 0 Å². The van der Waals surface area contributed by atoms with Crippen LogP contribution in [0.15, 0.2) is 18.2 Å². The van der Waals surface area contributed by atoms with E-state index in [2.05, 4.69) is 5.32 Å². The van der Waals surface area contributed by atoms with Crippen molar-refractivity contribution in [1.82, 2.24) is 5.32 Å². The van der Waals surface area contributed by atoms with Gasteiger partial charge in [-0.15, -0.1) is 0 Å². The number of benzene rings is 1. The van der Waals surface area contributed by atoms with Crippen LogP contribution in [-0.2, 0) is 11.2 Å². The highest BCUT2D eigenvalue weighted by Gasteiger charge is 2.31. The summed E-state index contributed by atoms with van der Waals surface area (Å²) in [6, 6.07) is 5.55. The quantitative estimate of drug-likeness (QED) is 0.718. The third-order valence-corrected chi connectivity index (χ3v) is 3.69. The van der Waals surface area contributed by atoms with E-state index in [4.69, 9.17) is 9.47 Å². The van der Waals surface area contributed by atoms with E-state index >= 15 is 0 Å². The SMILES string of the molecule is O[C@H]1Cc2c(OCC3CNCCO3)cccc2[C@@H]1O. The number of hydrogen-bond acceptors (Lipinski definition) is 5. The molecular weight excluding hydrogens is 246 g/mol. The maximum absolute atomic E-state index is 9.85. The average molecular weight is 265 g/mol. The summed E-state index contributed by atoms with van der Waals surface area (Å²) in [5.74, 6) is 0.738. The molecule has 1 aromatic carbocycles. The van der Waals surface area contributed by atoms with E-state index in [1.807, 2.05) is 18.2 Å². The van der Waals surface area contributed by atoms with Crippen molar-refractivity contribution in [2.45, 2.75) is 24.7 Å². The van der Waals surface area contributed by atoms with Crippen molar-refractivity contribution in [1.29, 1.82) is 0 Å². The fourth-order valence-corrected chi connectivity index (χ4v) is 2.65. The van der Waals surface area contributed by atoms with Crippen LogP contribution >= 0.6 is 0 Å². The number of morpholine rings is 1. The Bertz CT molecular complexity index is 445. The van der Waals surface area contributed by atoms with Crippen LogP contribution in [0.5, 0.6) is 5.75 Å². The molecule has 5 nitrogen and oxygen atoms in total. The highest BCUT2D eigenvalue weighted by atomic mass is 16.5. The van der Waals surface area contributed by atoms with Gasteiger partial charge < -0.3 is 25.0 Å². The van der Waals surface area contributed by atoms with Crippen molar-refractivity contribution in [2.75, 3.05) is 26.3 Å². The van der Waals surface area contributed by atoms with Gasteiger partial charge >= 0.3 is 0 Å². The van der Waals surface area contributed by atoms with Gasteiger partial charge in [0, 0.05) is 25.1 Å². The second kappa shape index (κ2) is 5.46. The molecule has 1 aliphatic carbocycles. The highest BCUT2D eigenvalue weighted by molar-refractivity contribution is 5.45. The number of ether oxygens (including phenoxy) is 2. The lowest BCUT2D eigenvalue weighted by Crippen LogP contribution is -2.41. The van der Waals surface area contributed by atoms with E-state index in [0.717, 1.165) is 30.0 Å². The minimum atomic E-state index is -0.800. The molecule has 0 bridgehead atoms. The summed E-state index contributed by atoms with van der Waals surface area (Å²) in [6.07, 6.45) is -1.03. The normalized spacial score (nSPS) is 30.1. The van der Waals surface area contributed by atoms with Gasteiger partial charge in [-0.1, -0.05) is 12.1 Å². The van der Waals surface area contributed by atoms with Crippen LogP contribution in [0.1, 0.15) is 17.2 Å². The van der Waals surface area contributed by atoms with Crippen LogP contribution in [0, 0.1) is 0 Å². The molecule has 0 aromatic heterocycles. The Morgan fingerprint density at radius 2 is 2.26 bits per heavy atom. The van der Waals surface area contributed by atoms with Crippen molar-refractivity contribution < 1.29 is 19.7 Å². The molecule has 0 spiro atoms. The number of rotatable bonds is 3. The number of nitrogens with one attached hydrogen (secondary N) is 1. The zero-order chi connectivity index (χ0) is 13.2. The third kappa shape index (κ3) is 2.60. The maximum atomic E-state index is 9.85. The lowest BCUT2D eigenvalue weighted by atomic mass is 10.1. The molecule has 0 saturated carbocycles. The van der Waals surface area contributed by atoms with Gasteiger partial charge in [-0.25, -0.2) is 0 Å². The van der Waals surface area contributed by atoms with Crippen LogP contribution in [0.3, 0.4) is 0 Å². The topological polar surface area (TPSA) is 71.0 Å². The zero-order valence-electron chi connectivity index (χ0n) is 10.7. The molecule has 5 heteroatoms. The first-order valence-corrected chi connectivity index (χ1v) is 6.69. The first kappa shape index (κ1) is 12.9. The summed E-state index contributed by atoms with van der Waals surface area (Å²) < 4.78 is 11.4.